The van der Waals surface area contributed by atoms with Gasteiger partial charge in [-0.05, 0) is 35.9 Å². The Hall–Kier alpha value is -1.44. The lowest BCUT2D eigenvalue weighted by Crippen LogP contribution is -2.14. The predicted octanol–water partition coefficient (Wildman–Crippen LogP) is 2.85. The first kappa shape index (κ1) is 15.0. The summed E-state index contributed by atoms with van der Waals surface area (Å²) in [5.74, 6) is -0.655. The number of sulfonamides is 1. The fraction of sp³-hybridized carbons (Fsp3) is 0.0769. The summed E-state index contributed by atoms with van der Waals surface area (Å²) in [7, 11) is -3.84. The van der Waals surface area contributed by atoms with Crippen LogP contribution in [0.4, 0.5) is 10.1 Å². The summed E-state index contributed by atoms with van der Waals surface area (Å²) in [4.78, 5) is 0.0442. The molecule has 0 spiro atoms. The van der Waals surface area contributed by atoms with E-state index >= 15 is 0 Å². The van der Waals surface area contributed by atoms with Crippen LogP contribution < -0.4 is 10.5 Å². The minimum atomic E-state index is -3.84. The molecule has 0 saturated heterocycles. The Morgan fingerprint density at radius 2 is 1.95 bits per heavy atom. The van der Waals surface area contributed by atoms with Crippen LogP contribution in [-0.2, 0) is 16.6 Å². The zero-order chi connectivity index (χ0) is 14.8. The minimum absolute atomic E-state index is 0.0442. The second kappa shape index (κ2) is 5.90. The van der Waals surface area contributed by atoms with Gasteiger partial charge >= 0.3 is 0 Å². The van der Waals surface area contributed by atoms with Gasteiger partial charge in [0.25, 0.3) is 10.0 Å². The van der Waals surface area contributed by atoms with Gasteiger partial charge in [-0.3, -0.25) is 4.72 Å². The molecule has 106 valence electrons. The van der Waals surface area contributed by atoms with E-state index in [0.717, 1.165) is 0 Å². The van der Waals surface area contributed by atoms with Crippen LogP contribution in [0.2, 0.25) is 0 Å². The minimum Gasteiger partial charge on any atom is -0.326 e. The Kier molecular flexibility index (Phi) is 4.42. The van der Waals surface area contributed by atoms with Crippen LogP contribution in [0, 0.1) is 5.82 Å². The smallest absolute Gasteiger partial charge is 0.261 e. The molecule has 0 unspecified atom stereocenters. The van der Waals surface area contributed by atoms with Gasteiger partial charge in [0.05, 0.1) is 10.6 Å². The molecule has 0 aromatic heterocycles. The molecule has 0 saturated carbocycles. The van der Waals surface area contributed by atoms with Crippen molar-refractivity contribution in [2.24, 2.45) is 5.73 Å². The second-order valence-corrected chi connectivity index (χ2v) is 6.68. The van der Waals surface area contributed by atoms with E-state index in [1.165, 1.54) is 24.3 Å². The molecule has 0 heterocycles. The van der Waals surface area contributed by atoms with E-state index < -0.39 is 15.8 Å². The highest BCUT2D eigenvalue weighted by atomic mass is 79.9. The van der Waals surface area contributed by atoms with Crippen molar-refractivity contribution in [3.8, 4) is 0 Å². The monoisotopic (exact) mass is 358 g/mol. The van der Waals surface area contributed by atoms with Crippen molar-refractivity contribution < 1.29 is 12.8 Å². The largest absolute Gasteiger partial charge is 0.326 e. The number of benzene rings is 2. The van der Waals surface area contributed by atoms with Gasteiger partial charge in [0.1, 0.15) is 5.82 Å². The maximum atomic E-state index is 13.7. The lowest BCUT2D eigenvalue weighted by atomic mass is 10.2. The first-order chi connectivity index (χ1) is 9.42. The highest BCUT2D eigenvalue weighted by Gasteiger charge is 2.16. The lowest BCUT2D eigenvalue weighted by Gasteiger charge is -2.10. The molecule has 20 heavy (non-hydrogen) atoms. The Bertz CT molecular complexity index is 735. The second-order valence-electron chi connectivity index (χ2n) is 4.08. The average Bonchev–Trinajstić information content (AvgIpc) is 2.42. The van der Waals surface area contributed by atoms with Crippen LogP contribution in [-0.4, -0.2) is 8.42 Å². The number of nitrogens with two attached hydrogens (primary N) is 1. The van der Waals surface area contributed by atoms with Gasteiger partial charge in [0.2, 0.25) is 0 Å². The first-order valence-electron chi connectivity index (χ1n) is 5.69. The predicted molar refractivity (Wildman–Crippen MR) is 79.2 cm³/mol. The molecule has 0 aliphatic carbocycles. The van der Waals surface area contributed by atoms with Crippen LogP contribution >= 0.6 is 15.9 Å². The number of halogens is 2. The molecular weight excluding hydrogens is 347 g/mol. The molecule has 0 aliphatic heterocycles. The number of rotatable bonds is 4. The summed E-state index contributed by atoms with van der Waals surface area (Å²) in [6, 6.07) is 10.3. The first-order valence-corrected chi connectivity index (χ1v) is 7.97. The van der Waals surface area contributed by atoms with Gasteiger partial charge in [0, 0.05) is 11.0 Å². The van der Waals surface area contributed by atoms with E-state index in [1.807, 2.05) is 0 Å². The Morgan fingerprint density at radius 1 is 1.20 bits per heavy atom. The summed E-state index contributed by atoms with van der Waals surface area (Å²) in [6.07, 6.45) is 0. The van der Waals surface area contributed by atoms with E-state index in [9.17, 15) is 12.8 Å². The molecule has 3 N–H and O–H groups in total. The molecule has 0 radical (unpaired) electrons. The Morgan fingerprint density at radius 3 is 2.60 bits per heavy atom. The molecule has 0 fully saturated rings. The lowest BCUT2D eigenvalue weighted by molar-refractivity contribution is 0.598. The van der Waals surface area contributed by atoms with Crippen molar-refractivity contribution in [2.45, 2.75) is 11.4 Å². The van der Waals surface area contributed by atoms with Gasteiger partial charge in [-0.1, -0.05) is 28.1 Å². The third-order valence-electron chi connectivity index (χ3n) is 2.62. The molecule has 0 amide bonds. The maximum absolute atomic E-state index is 13.7. The molecule has 2 aromatic carbocycles. The van der Waals surface area contributed by atoms with Gasteiger partial charge in [-0.2, -0.15) is 0 Å². The fourth-order valence-corrected chi connectivity index (χ4v) is 3.09. The molecule has 4 nitrogen and oxygen atoms in total. The van der Waals surface area contributed by atoms with Crippen molar-refractivity contribution in [1.82, 2.24) is 0 Å². The fourth-order valence-electron chi connectivity index (χ4n) is 1.62. The third kappa shape index (κ3) is 3.36. The molecule has 0 bridgehead atoms. The number of nitrogens with one attached hydrogen (secondary N) is 1. The van der Waals surface area contributed by atoms with Gasteiger partial charge in [-0.25, -0.2) is 12.8 Å². The quantitative estimate of drug-likeness (QED) is 0.882. The molecule has 7 heteroatoms. The average molecular weight is 359 g/mol. The highest BCUT2D eigenvalue weighted by molar-refractivity contribution is 9.10. The maximum Gasteiger partial charge on any atom is 0.261 e. The summed E-state index contributed by atoms with van der Waals surface area (Å²) in [6.45, 7) is 0.232. The molecular formula is C13H12BrFN2O2S. The van der Waals surface area contributed by atoms with E-state index in [-0.39, 0.29) is 17.1 Å². The Balaban J connectivity index is 2.35. The summed E-state index contributed by atoms with van der Waals surface area (Å²) < 4.78 is 40.8. The number of hydrogen-bond donors (Lipinski definition) is 2. The number of hydrogen-bond acceptors (Lipinski definition) is 3. The SMILES string of the molecule is NCc1cccc(S(=O)(=O)Nc2ccc(Br)cc2F)c1. The third-order valence-corrected chi connectivity index (χ3v) is 4.48. The van der Waals surface area contributed by atoms with Crippen molar-refractivity contribution >= 4 is 31.6 Å². The van der Waals surface area contributed by atoms with Gasteiger partial charge in [0.15, 0.2) is 0 Å². The van der Waals surface area contributed by atoms with E-state index in [0.29, 0.717) is 10.0 Å². The summed E-state index contributed by atoms with van der Waals surface area (Å²) in [5.41, 5.74) is 6.05. The zero-order valence-electron chi connectivity index (χ0n) is 10.3. The van der Waals surface area contributed by atoms with Crippen LogP contribution in [0.15, 0.2) is 51.8 Å². The highest BCUT2D eigenvalue weighted by Crippen LogP contribution is 2.22. The van der Waals surface area contributed by atoms with Crippen LogP contribution in [0.25, 0.3) is 0 Å². The van der Waals surface area contributed by atoms with Crippen LogP contribution in [0.1, 0.15) is 5.56 Å². The number of anilines is 1. The van der Waals surface area contributed by atoms with E-state index in [4.69, 9.17) is 5.73 Å². The normalized spacial score (nSPS) is 11.3. The summed E-state index contributed by atoms with van der Waals surface area (Å²) >= 11 is 3.11. The molecule has 0 aliphatic rings. The van der Waals surface area contributed by atoms with Crippen molar-refractivity contribution in [2.75, 3.05) is 4.72 Å². The molecule has 0 atom stereocenters. The van der Waals surface area contributed by atoms with Crippen molar-refractivity contribution in [1.29, 1.82) is 0 Å². The van der Waals surface area contributed by atoms with Gasteiger partial charge in [-0.15, -0.1) is 0 Å². The molecule has 2 rings (SSSR count). The van der Waals surface area contributed by atoms with E-state index in [1.54, 1.807) is 18.2 Å². The van der Waals surface area contributed by atoms with Crippen LogP contribution in [0.3, 0.4) is 0 Å². The van der Waals surface area contributed by atoms with Crippen molar-refractivity contribution in [3.05, 3.63) is 58.3 Å². The van der Waals surface area contributed by atoms with Gasteiger partial charge < -0.3 is 5.73 Å². The van der Waals surface area contributed by atoms with Crippen molar-refractivity contribution in [3.63, 3.8) is 0 Å². The Labute approximate surface area is 125 Å². The van der Waals surface area contributed by atoms with Crippen LogP contribution in [0.5, 0.6) is 0 Å². The summed E-state index contributed by atoms with van der Waals surface area (Å²) in [5, 5.41) is 0. The molecule has 2 aromatic rings. The standard InChI is InChI=1S/C13H12BrFN2O2S/c14-10-4-5-13(12(15)7-10)17-20(18,19)11-3-1-2-9(6-11)8-16/h1-7,17H,8,16H2. The topological polar surface area (TPSA) is 72.2 Å². The zero-order valence-corrected chi connectivity index (χ0v) is 12.7. The van der Waals surface area contributed by atoms with E-state index in [2.05, 4.69) is 20.7 Å².